The van der Waals surface area contributed by atoms with Crippen LogP contribution in [0.3, 0.4) is 0 Å². The Hall–Kier alpha value is -3.15. The third kappa shape index (κ3) is 6.39. The van der Waals surface area contributed by atoms with E-state index in [1.807, 2.05) is 30.3 Å². The first-order chi connectivity index (χ1) is 21.0. The molecule has 6 rings (SSSR count). The van der Waals surface area contributed by atoms with E-state index < -0.39 is 0 Å². The Labute approximate surface area is 255 Å². The summed E-state index contributed by atoms with van der Waals surface area (Å²) in [7, 11) is 1.43. The lowest BCUT2D eigenvalue weighted by atomic mass is 9.57. The van der Waals surface area contributed by atoms with Gasteiger partial charge in [0.2, 0.25) is 0 Å². The van der Waals surface area contributed by atoms with Crippen molar-refractivity contribution in [3.63, 3.8) is 0 Å². The molecule has 1 amide bonds. The summed E-state index contributed by atoms with van der Waals surface area (Å²) >= 11 is 0. The first-order valence-corrected chi connectivity index (χ1v) is 16.3. The number of benzene rings is 2. The first-order valence-electron chi connectivity index (χ1n) is 16.3. The number of methoxy groups -OCH3 is 1. The van der Waals surface area contributed by atoms with E-state index >= 15 is 0 Å². The second kappa shape index (κ2) is 13.2. The Morgan fingerprint density at radius 1 is 1.02 bits per heavy atom. The number of anilines is 1. The maximum absolute atomic E-state index is 14.9. The maximum Gasteiger partial charge on any atom is 0.407 e. The van der Waals surface area contributed by atoms with Gasteiger partial charge in [-0.1, -0.05) is 18.6 Å². The van der Waals surface area contributed by atoms with Gasteiger partial charge in [0.15, 0.2) is 0 Å². The van der Waals surface area contributed by atoms with Gasteiger partial charge in [-0.3, -0.25) is 0 Å². The van der Waals surface area contributed by atoms with Crippen LogP contribution in [-0.2, 0) is 10.2 Å². The fourth-order valence-corrected chi connectivity index (χ4v) is 8.81. The molecule has 8 heteroatoms. The van der Waals surface area contributed by atoms with Gasteiger partial charge in [0.25, 0.3) is 0 Å². The van der Waals surface area contributed by atoms with Gasteiger partial charge >= 0.3 is 6.09 Å². The highest BCUT2D eigenvalue weighted by Crippen LogP contribution is 2.52. The minimum atomic E-state index is -0.366. The van der Waals surface area contributed by atoms with Crippen molar-refractivity contribution >= 4 is 11.8 Å². The smallest absolute Gasteiger partial charge is 0.407 e. The Morgan fingerprint density at radius 2 is 1.81 bits per heavy atom. The van der Waals surface area contributed by atoms with Crippen LogP contribution in [0, 0.1) is 29.0 Å². The molecule has 2 saturated heterocycles. The first kappa shape index (κ1) is 29.9. The minimum absolute atomic E-state index is 0.0268. The lowest BCUT2D eigenvalue weighted by Crippen LogP contribution is -2.59. The van der Waals surface area contributed by atoms with Gasteiger partial charge in [-0.05, 0) is 131 Å². The van der Waals surface area contributed by atoms with Crippen LogP contribution < -0.4 is 10.6 Å². The standard InChI is InChI=1S/C35H46FN5O2/c1-43-34(42)39-33-8-3-7-32(33)35(24-40-17-4-18-40,27-5-2-6-28(36)21-27)26-15-19-41(20-16-26)31-14-13-30(22-31)38-29-11-9-25(23-37)10-12-29/h2,5-6,9-12,21,26,30-33,38H,3-4,7-8,13-20,22,24H2,1H3,(H,39,42)/t30?,31?,32-,33-,35?/m0/s1. The number of ether oxygens (including phenoxy) is 1. The third-order valence-corrected chi connectivity index (χ3v) is 11.0. The van der Waals surface area contributed by atoms with Crippen LogP contribution in [0.1, 0.15) is 68.9 Å². The highest BCUT2D eigenvalue weighted by molar-refractivity contribution is 5.67. The van der Waals surface area contributed by atoms with E-state index in [1.165, 1.54) is 20.0 Å². The summed E-state index contributed by atoms with van der Waals surface area (Å²) in [5, 5.41) is 16.0. The van der Waals surface area contributed by atoms with E-state index in [9.17, 15) is 9.18 Å². The van der Waals surface area contributed by atoms with E-state index in [1.54, 1.807) is 12.1 Å². The molecule has 2 aromatic carbocycles. The van der Waals surface area contributed by atoms with Crippen molar-refractivity contribution < 1.29 is 13.9 Å². The van der Waals surface area contributed by atoms with Crippen LogP contribution in [0.4, 0.5) is 14.9 Å². The summed E-state index contributed by atoms with van der Waals surface area (Å²) in [5.74, 6) is 0.466. The summed E-state index contributed by atoms with van der Waals surface area (Å²) in [6.45, 7) is 5.21. The minimum Gasteiger partial charge on any atom is -0.453 e. The zero-order valence-corrected chi connectivity index (χ0v) is 25.4. The summed E-state index contributed by atoms with van der Waals surface area (Å²) in [6, 6.07) is 18.4. The molecule has 0 bridgehead atoms. The van der Waals surface area contributed by atoms with Gasteiger partial charge in [0.1, 0.15) is 5.82 Å². The number of nitriles is 1. The highest BCUT2D eigenvalue weighted by atomic mass is 19.1. The van der Waals surface area contributed by atoms with E-state index in [2.05, 4.69) is 32.6 Å². The van der Waals surface area contributed by atoms with E-state index in [0.29, 0.717) is 23.6 Å². The normalized spacial score (nSPS) is 28.0. The second-order valence-corrected chi connectivity index (χ2v) is 13.3. The van der Waals surface area contributed by atoms with Gasteiger partial charge in [-0.2, -0.15) is 5.26 Å². The fourth-order valence-electron chi connectivity index (χ4n) is 8.81. The number of nitrogens with zero attached hydrogens (tertiary/aromatic N) is 3. The van der Waals surface area contributed by atoms with Crippen molar-refractivity contribution in [3.8, 4) is 6.07 Å². The van der Waals surface area contributed by atoms with Crippen LogP contribution in [0.15, 0.2) is 48.5 Å². The Morgan fingerprint density at radius 3 is 2.49 bits per heavy atom. The van der Waals surface area contributed by atoms with E-state index in [-0.39, 0.29) is 29.3 Å². The molecule has 2 aliphatic heterocycles. The molecule has 4 aliphatic rings. The molecule has 2 saturated carbocycles. The molecule has 3 unspecified atom stereocenters. The predicted molar refractivity (Wildman–Crippen MR) is 166 cm³/mol. The quantitative estimate of drug-likeness (QED) is 0.380. The molecule has 2 N–H and O–H groups in total. The maximum atomic E-state index is 14.9. The van der Waals surface area contributed by atoms with Gasteiger partial charge in [-0.15, -0.1) is 0 Å². The Bertz CT molecular complexity index is 1290. The highest BCUT2D eigenvalue weighted by Gasteiger charge is 2.53. The number of halogens is 1. The van der Waals surface area contributed by atoms with Gasteiger partial charge in [0.05, 0.1) is 18.7 Å². The number of carbonyl (C=O) groups excluding carboxylic acids is 1. The van der Waals surface area contributed by atoms with Crippen molar-refractivity contribution in [2.24, 2.45) is 11.8 Å². The fraction of sp³-hybridized carbons (Fsp3) is 0.600. The number of alkyl carbamates (subject to hydrolysis) is 1. The molecule has 7 nitrogen and oxygen atoms in total. The van der Waals surface area contributed by atoms with Crippen LogP contribution in [0.25, 0.3) is 0 Å². The number of nitrogens with one attached hydrogen (secondary N) is 2. The zero-order valence-electron chi connectivity index (χ0n) is 25.4. The molecule has 4 fully saturated rings. The summed E-state index contributed by atoms with van der Waals surface area (Å²) in [6.07, 6.45) is 9.50. The number of piperidine rings is 1. The summed E-state index contributed by atoms with van der Waals surface area (Å²) < 4.78 is 20.0. The molecule has 43 heavy (non-hydrogen) atoms. The van der Waals surface area contributed by atoms with Crippen LogP contribution in [-0.4, -0.2) is 73.9 Å². The second-order valence-electron chi connectivity index (χ2n) is 13.3. The predicted octanol–water partition coefficient (Wildman–Crippen LogP) is 5.91. The molecule has 0 radical (unpaired) electrons. The molecular weight excluding hydrogens is 541 g/mol. The van der Waals surface area contributed by atoms with E-state index in [0.717, 1.165) is 88.9 Å². The molecule has 230 valence electrons. The number of hydrogen-bond acceptors (Lipinski definition) is 6. The van der Waals surface area contributed by atoms with Crippen molar-refractivity contribution in [2.75, 3.05) is 45.2 Å². The van der Waals surface area contributed by atoms with Crippen LogP contribution in [0.2, 0.25) is 0 Å². The number of rotatable bonds is 9. The SMILES string of the molecule is COC(=O)N[C@H]1CCC[C@@H]1C(CN1CCC1)(c1cccc(F)c1)C1CCN(C2CCC(Nc3ccc(C#N)cc3)C2)CC1. The average Bonchev–Trinajstić information content (AvgIpc) is 3.67. The number of likely N-dealkylation sites (tertiary alicyclic amines) is 2. The van der Waals surface area contributed by atoms with Gasteiger partial charge < -0.3 is 25.2 Å². The summed E-state index contributed by atoms with van der Waals surface area (Å²) in [5.41, 5.74) is 2.65. The lowest BCUT2D eigenvalue weighted by molar-refractivity contribution is 0.0180. The average molecular weight is 588 g/mol. The number of carbonyl (C=O) groups is 1. The van der Waals surface area contributed by atoms with Crippen LogP contribution in [0.5, 0.6) is 0 Å². The topological polar surface area (TPSA) is 80.6 Å². The molecular formula is C35H46FN5O2. The van der Waals surface area contributed by atoms with Crippen molar-refractivity contribution in [2.45, 2.75) is 81.3 Å². The Kier molecular flexibility index (Phi) is 9.20. The molecule has 0 spiro atoms. The molecule has 2 aromatic rings. The molecule has 2 heterocycles. The monoisotopic (exact) mass is 587 g/mol. The largest absolute Gasteiger partial charge is 0.453 e. The van der Waals surface area contributed by atoms with Gasteiger partial charge in [-0.25, -0.2) is 9.18 Å². The lowest BCUT2D eigenvalue weighted by Gasteiger charge is -2.54. The van der Waals surface area contributed by atoms with Crippen LogP contribution >= 0.6 is 0 Å². The Balaban J connectivity index is 1.20. The van der Waals surface area contributed by atoms with Crippen molar-refractivity contribution in [1.82, 2.24) is 15.1 Å². The van der Waals surface area contributed by atoms with Crippen molar-refractivity contribution in [3.05, 3.63) is 65.5 Å². The number of hydrogen-bond donors (Lipinski definition) is 2. The third-order valence-electron chi connectivity index (χ3n) is 11.0. The molecule has 5 atom stereocenters. The van der Waals surface area contributed by atoms with Crippen molar-refractivity contribution in [1.29, 1.82) is 5.26 Å². The van der Waals surface area contributed by atoms with Gasteiger partial charge in [0, 0.05) is 35.8 Å². The summed E-state index contributed by atoms with van der Waals surface area (Å²) in [4.78, 5) is 17.7. The molecule has 2 aliphatic carbocycles. The van der Waals surface area contributed by atoms with E-state index in [4.69, 9.17) is 10.00 Å². The number of amides is 1. The molecule has 0 aromatic heterocycles. The zero-order chi connectivity index (χ0) is 29.8.